The molecular formula is C30H30ClN7O4. The highest BCUT2D eigenvalue weighted by molar-refractivity contribution is 6.29. The van der Waals surface area contributed by atoms with Gasteiger partial charge in [-0.2, -0.15) is 5.10 Å². The van der Waals surface area contributed by atoms with E-state index in [0.29, 0.717) is 36.2 Å². The zero-order valence-electron chi connectivity index (χ0n) is 23.4. The number of benzene rings is 1. The average Bonchev–Trinajstić information content (AvgIpc) is 3.28. The zero-order chi connectivity index (χ0) is 29.4. The van der Waals surface area contributed by atoms with Crippen molar-refractivity contribution >= 4 is 23.6 Å². The molecule has 42 heavy (non-hydrogen) atoms. The van der Waals surface area contributed by atoms with E-state index >= 15 is 0 Å². The number of ether oxygens (including phenoxy) is 2. The van der Waals surface area contributed by atoms with Crippen LogP contribution >= 0.6 is 11.6 Å². The van der Waals surface area contributed by atoms with Crippen LogP contribution < -0.4 is 10.1 Å². The standard InChI is InChI=1S/C30H30ClN7O4/c1-18-21(16-38(36-18)28-32-10-7-11-33-28)27(39)37-14-22-23(15-37)26(22)42-25-13-20(12-24(31)34-25)30(2,3)35-29(40)41-17-19-8-5-4-6-9-19/h4-13,16,22-23,26H,14-15,17H2,1-3H3,(H,35,40)/t22-,23+,26?. The van der Waals surface area contributed by atoms with Crippen LogP contribution in [0.4, 0.5) is 4.79 Å². The Morgan fingerprint density at radius 2 is 1.79 bits per heavy atom. The van der Waals surface area contributed by atoms with Crippen molar-refractivity contribution in [2.24, 2.45) is 11.8 Å². The molecule has 12 heteroatoms. The van der Waals surface area contributed by atoms with Gasteiger partial charge in [-0.15, -0.1) is 0 Å². The number of nitrogens with one attached hydrogen (secondary N) is 1. The minimum absolute atomic E-state index is 0.0682. The number of aryl methyl sites for hydroxylation is 1. The topological polar surface area (TPSA) is 124 Å². The fourth-order valence-electron chi connectivity index (χ4n) is 5.28. The van der Waals surface area contributed by atoms with Crippen molar-refractivity contribution in [3.63, 3.8) is 0 Å². The molecule has 1 aliphatic heterocycles. The SMILES string of the molecule is Cc1nn(-c2ncccn2)cc1C(=O)N1C[C@@H]2C(Oc3cc(C(C)(C)NC(=O)OCc4ccccc4)cc(Cl)n3)[C@@H]2C1. The van der Waals surface area contributed by atoms with Crippen LogP contribution in [-0.4, -0.2) is 60.8 Å². The molecule has 3 aromatic heterocycles. The summed E-state index contributed by atoms with van der Waals surface area (Å²) in [5.41, 5.74) is 1.98. The molecule has 1 aliphatic carbocycles. The Morgan fingerprint density at radius 3 is 2.50 bits per heavy atom. The maximum Gasteiger partial charge on any atom is 0.408 e. The first-order valence-electron chi connectivity index (χ1n) is 13.6. The summed E-state index contributed by atoms with van der Waals surface area (Å²) in [5.74, 6) is 1.11. The lowest BCUT2D eigenvalue weighted by Crippen LogP contribution is -2.41. The van der Waals surface area contributed by atoms with Crippen molar-refractivity contribution in [1.82, 2.24) is 34.9 Å². The number of nitrogens with zero attached hydrogens (tertiary/aromatic N) is 6. The fourth-order valence-corrected chi connectivity index (χ4v) is 5.49. The number of fused-ring (bicyclic) bond motifs is 1. The third kappa shape index (κ3) is 5.78. The highest BCUT2D eigenvalue weighted by Gasteiger charge is 2.59. The van der Waals surface area contributed by atoms with E-state index in [0.717, 1.165) is 11.1 Å². The van der Waals surface area contributed by atoms with Gasteiger partial charge in [-0.1, -0.05) is 41.9 Å². The van der Waals surface area contributed by atoms with Crippen LogP contribution in [0.3, 0.4) is 0 Å². The average molecular weight is 588 g/mol. The molecule has 1 aromatic carbocycles. The summed E-state index contributed by atoms with van der Waals surface area (Å²) < 4.78 is 13.1. The number of rotatable bonds is 8. The van der Waals surface area contributed by atoms with Crippen LogP contribution in [0.2, 0.25) is 5.15 Å². The normalized spacial score (nSPS) is 19.2. The predicted molar refractivity (Wildman–Crippen MR) is 153 cm³/mol. The lowest BCUT2D eigenvalue weighted by molar-refractivity contribution is 0.0750. The van der Waals surface area contributed by atoms with Gasteiger partial charge in [0.2, 0.25) is 11.8 Å². The molecule has 11 nitrogen and oxygen atoms in total. The predicted octanol–water partition coefficient (Wildman–Crippen LogP) is 4.33. The smallest absolute Gasteiger partial charge is 0.408 e. The molecule has 4 aromatic rings. The van der Waals surface area contributed by atoms with Gasteiger partial charge in [-0.3, -0.25) is 4.79 Å². The number of likely N-dealkylation sites (tertiary alicyclic amines) is 1. The molecule has 1 saturated carbocycles. The van der Waals surface area contributed by atoms with E-state index in [9.17, 15) is 9.59 Å². The van der Waals surface area contributed by atoms with E-state index in [-0.39, 0.29) is 35.6 Å². The Kier molecular flexibility index (Phi) is 7.28. The van der Waals surface area contributed by atoms with Crippen LogP contribution in [0.5, 0.6) is 5.88 Å². The molecule has 4 heterocycles. The molecule has 0 bridgehead atoms. The van der Waals surface area contributed by atoms with E-state index in [2.05, 4.69) is 25.4 Å². The Morgan fingerprint density at radius 1 is 1.07 bits per heavy atom. The summed E-state index contributed by atoms with van der Waals surface area (Å²) in [7, 11) is 0. The second kappa shape index (κ2) is 11.1. The Balaban J connectivity index is 1.05. The molecule has 2 fully saturated rings. The van der Waals surface area contributed by atoms with Gasteiger partial charge < -0.3 is 19.7 Å². The van der Waals surface area contributed by atoms with Gasteiger partial charge >= 0.3 is 6.09 Å². The van der Waals surface area contributed by atoms with E-state index in [1.54, 1.807) is 43.7 Å². The summed E-state index contributed by atoms with van der Waals surface area (Å²) in [6.07, 6.45) is 4.32. The van der Waals surface area contributed by atoms with Gasteiger partial charge in [-0.25, -0.2) is 24.4 Å². The summed E-state index contributed by atoms with van der Waals surface area (Å²) >= 11 is 6.35. The van der Waals surface area contributed by atoms with E-state index < -0.39 is 11.6 Å². The molecule has 2 aliphatic rings. The maximum atomic E-state index is 13.3. The van der Waals surface area contributed by atoms with Crippen molar-refractivity contribution < 1.29 is 19.1 Å². The second-order valence-electron chi connectivity index (χ2n) is 11.1. The van der Waals surface area contributed by atoms with Crippen LogP contribution in [-0.2, 0) is 16.9 Å². The monoisotopic (exact) mass is 587 g/mol. The number of halogens is 1. The van der Waals surface area contributed by atoms with Crippen molar-refractivity contribution in [2.75, 3.05) is 13.1 Å². The third-order valence-corrected chi connectivity index (χ3v) is 7.86. The molecule has 1 saturated heterocycles. The van der Waals surface area contributed by atoms with Crippen LogP contribution in [0.25, 0.3) is 5.95 Å². The molecule has 1 unspecified atom stereocenters. The number of hydrogen-bond donors (Lipinski definition) is 1. The molecule has 0 spiro atoms. The quantitative estimate of drug-likeness (QED) is 0.302. The third-order valence-electron chi connectivity index (χ3n) is 7.67. The van der Waals surface area contributed by atoms with Gasteiger partial charge in [0.1, 0.15) is 17.9 Å². The molecule has 2 amide bonds. The second-order valence-corrected chi connectivity index (χ2v) is 11.5. The molecule has 1 N–H and O–H groups in total. The van der Waals surface area contributed by atoms with Gasteiger partial charge in [0.15, 0.2) is 0 Å². The Labute approximate surface area is 247 Å². The van der Waals surface area contributed by atoms with Crippen LogP contribution in [0.15, 0.2) is 67.1 Å². The van der Waals surface area contributed by atoms with Crippen LogP contribution in [0.1, 0.15) is 41.0 Å². The number of carbonyl (C=O) groups excluding carboxylic acids is 2. The number of hydrogen-bond acceptors (Lipinski definition) is 8. The number of piperidine rings is 1. The first-order valence-corrected chi connectivity index (χ1v) is 14.0. The largest absolute Gasteiger partial charge is 0.474 e. The fraction of sp³-hybridized carbons (Fsp3) is 0.333. The van der Waals surface area contributed by atoms with Gasteiger partial charge in [0.05, 0.1) is 16.8 Å². The Bertz CT molecular complexity index is 1600. The summed E-state index contributed by atoms with van der Waals surface area (Å²) in [4.78, 5) is 40.4. The first kappa shape index (κ1) is 27.6. The molecule has 0 radical (unpaired) electrons. The van der Waals surface area contributed by atoms with Crippen LogP contribution in [0, 0.1) is 18.8 Å². The molecule has 3 atom stereocenters. The number of aromatic nitrogens is 5. The van der Waals surface area contributed by atoms with Crippen molar-refractivity contribution in [2.45, 2.75) is 39.0 Å². The van der Waals surface area contributed by atoms with E-state index in [4.69, 9.17) is 21.1 Å². The minimum atomic E-state index is -0.797. The summed E-state index contributed by atoms with van der Waals surface area (Å²) in [5, 5.41) is 7.57. The maximum absolute atomic E-state index is 13.3. The van der Waals surface area contributed by atoms with Crippen molar-refractivity contribution in [1.29, 1.82) is 0 Å². The van der Waals surface area contributed by atoms with Crippen molar-refractivity contribution in [3.05, 3.63) is 94.7 Å². The zero-order valence-corrected chi connectivity index (χ0v) is 24.2. The van der Waals surface area contributed by atoms with Gasteiger partial charge in [-0.05, 0) is 44.0 Å². The van der Waals surface area contributed by atoms with Gasteiger partial charge in [0, 0.05) is 49.6 Å². The lowest BCUT2D eigenvalue weighted by Gasteiger charge is -2.27. The molecule has 6 rings (SSSR count). The summed E-state index contributed by atoms with van der Waals surface area (Å²) in [6, 6.07) is 14.7. The number of pyridine rings is 1. The van der Waals surface area contributed by atoms with Crippen molar-refractivity contribution in [3.8, 4) is 11.8 Å². The first-order chi connectivity index (χ1) is 20.2. The number of amides is 2. The number of alkyl carbamates (subject to hydrolysis) is 1. The van der Waals surface area contributed by atoms with E-state index in [1.165, 1.54) is 4.68 Å². The Hall–Kier alpha value is -4.51. The number of carbonyl (C=O) groups is 2. The minimum Gasteiger partial charge on any atom is -0.474 e. The molecular weight excluding hydrogens is 558 g/mol. The highest BCUT2D eigenvalue weighted by Crippen LogP contribution is 2.48. The highest BCUT2D eigenvalue weighted by atomic mass is 35.5. The lowest BCUT2D eigenvalue weighted by atomic mass is 9.95. The molecule has 216 valence electrons. The summed E-state index contributed by atoms with van der Waals surface area (Å²) in [6.45, 7) is 6.84. The van der Waals surface area contributed by atoms with E-state index in [1.807, 2.05) is 49.1 Å². The van der Waals surface area contributed by atoms with Gasteiger partial charge in [0.25, 0.3) is 5.91 Å².